The Morgan fingerprint density at radius 1 is 0.783 bits per heavy atom. The van der Waals surface area contributed by atoms with E-state index in [1.165, 1.54) is 0 Å². The van der Waals surface area contributed by atoms with Gasteiger partial charge in [0.05, 0.1) is 5.75 Å². The molecule has 23 heavy (non-hydrogen) atoms. The summed E-state index contributed by atoms with van der Waals surface area (Å²) in [6, 6.07) is 26.0. The van der Waals surface area contributed by atoms with Crippen LogP contribution in [0.4, 0.5) is 0 Å². The van der Waals surface area contributed by atoms with Crippen LogP contribution >= 0.6 is 27.7 Å². The summed E-state index contributed by atoms with van der Waals surface area (Å²) in [4.78, 5) is 13.4. The van der Waals surface area contributed by atoms with E-state index in [1.54, 1.807) is 11.8 Å². The lowest BCUT2D eigenvalue weighted by atomic mass is 10.0. The zero-order valence-corrected chi connectivity index (χ0v) is 14.8. The molecular formula is C20H15BrOS. The van der Waals surface area contributed by atoms with Crippen LogP contribution in [0.5, 0.6) is 0 Å². The highest BCUT2D eigenvalue weighted by Gasteiger charge is 2.07. The number of thioether (sulfide) groups is 1. The molecule has 0 unspecified atom stereocenters. The molecule has 0 aliphatic carbocycles. The Hall–Kier alpha value is -1.84. The first-order valence-corrected chi connectivity index (χ1v) is 9.07. The molecule has 0 aliphatic rings. The minimum Gasteiger partial charge on any atom is -0.293 e. The number of hydrogen-bond donors (Lipinski definition) is 0. The van der Waals surface area contributed by atoms with Crippen molar-refractivity contribution in [3.8, 4) is 11.1 Å². The van der Waals surface area contributed by atoms with Gasteiger partial charge >= 0.3 is 0 Å². The highest BCUT2D eigenvalue weighted by Crippen LogP contribution is 2.23. The van der Waals surface area contributed by atoms with E-state index >= 15 is 0 Å². The van der Waals surface area contributed by atoms with E-state index in [0.29, 0.717) is 5.75 Å². The molecule has 0 saturated carbocycles. The lowest BCUT2D eigenvalue weighted by Gasteiger charge is -2.05. The molecule has 1 nitrogen and oxygen atoms in total. The zero-order valence-electron chi connectivity index (χ0n) is 12.4. The topological polar surface area (TPSA) is 17.1 Å². The van der Waals surface area contributed by atoms with Gasteiger partial charge in [-0.25, -0.2) is 0 Å². The highest BCUT2D eigenvalue weighted by molar-refractivity contribution is 9.10. The summed E-state index contributed by atoms with van der Waals surface area (Å²) in [7, 11) is 0. The van der Waals surface area contributed by atoms with Crippen molar-refractivity contribution in [2.45, 2.75) is 4.90 Å². The molecule has 0 spiro atoms. The molecular weight excluding hydrogens is 368 g/mol. The fraction of sp³-hybridized carbons (Fsp3) is 0.0500. The molecule has 3 rings (SSSR count). The van der Waals surface area contributed by atoms with E-state index in [4.69, 9.17) is 0 Å². The summed E-state index contributed by atoms with van der Waals surface area (Å²) >= 11 is 4.97. The van der Waals surface area contributed by atoms with Gasteiger partial charge in [0.1, 0.15) is 0 Å². The van der Waals surface area contributed by atoms with Crippen LogP contribution in [0.3, 0.4) is 0 Å². The molecule has 3 aromatic carbocycles. The van der Waals surface area contributed by atoms with Crippen LogP contribution in [-0.2, 0) is 0 Å². The van der Waals surface area contributed by atoms with Crippen molar-refractivity contribution in [2.75, 3.05) is 5.75 Å². The Morgan fingerprint density at radius 2 is 1.39 bits per heavy atom. The maximum Gasteiger partial charge on any atom is 0.173 e. The molecule has 0 atom stereocenters. The number of benzene rings is 3. The van der Waals surface area contributed by atoms with Gasteiger partial charge in [-0.2, -0.15) is 0 Å². The quantitative estimate of drug-likeness (QED) is 0.392. The second-order valence-electron chi connectivity index (χ2n) is 5.11. The molecule has 0 radical (unpaired) electrons. The third kappa shape index (κ3) is 4.34. The monoisotopic (exact) mass is 382 g/mol. The highest BCUT2D eigenvalue weighted by atomic mass is 79.9. The van der Waals surface area contributed by atoms with Crippen LogP contribution in [0.25, 0.3) is 11.1 Å². The largest absolute Gasteiger partial charge is 0.293 e. The van der Waals surface area contributed by atoms with Gasteiger partial charge in [-0.15, -0.1) is 11.8 Å². The van der Waals surface area contributed by atoms with E-state index < -0.39 is 0 Å². The van der Waals surface area contributed by atoms with Crippen molar-refractivity contribution < 1.29 is 4.79 Å². The fourth-order valence-electron chi connectivity index (χ4n) is 2.24. The van der Waals surface area contributed by atoms with Crippen LogP contribution < -0.4 is 0 Å². The summed E-state index contributed by atoms with van der Waals surface area (Å²) < 4.78 is 1.05. The number of carbonyl (C=O) groups is 1. The summed E-state index contributed by atoms with van der Waals surface area (Å²) in [6.07, 6.45) is 0. The second kappa shape index (κ2) is 7.62. The molecule has 114 valence electrons. The molecule has 0 aromatic heterocycles. The Morgan fingerprint density at radius 3 is 2.04 bits per heavy atom. The molecule has 0 bridgehead atoms. The number of Topliss-reactive ketones (excluding diaryl/α,β-unsaturated/α-hetero) is 1. The van der Waals surface area contributed by atoms with Gasteiger partial charge in [0.25, 0.3) is 0 Å². The van der Waals surface area contributed by atoms with Crippen molar-refractivity contribution in [3.63, 3.8) is 0 Å². The Labute approximate surface area is 148 Å². The third-order valence-electron chi connectivity index (χ3n) is 3.50. The van der Waals surface area contributed by atoms with Crippen molar-refractivity contribution in [3.05, 3.63) is 88.9 Å². The Bertz CT molecular complexity index is 780. The third-order valence-corrected chi connectivity index (χ3v) is 5.04. The zero-order chi connectivity index (χ0) is 16.1. The number of hydrogen-bond acceptors (Lipinski definition) is 2. The van der Waals surface area contributed by atoms with Gasteiger partial charge < -0.3 is 0 Å². The van der Waals surface area contributed by atoms with Gasteiger partial charge in [0.2, 0.25) is 0 Å². The van der Waals surface area contributed by atoms with Crippen LogP contribution in [0, 0.1) is 0 Å². The van der Waals surface area contributed by atoms with Crippen molar-refractivity contribution >= 4 is 33.5 Å². The van der Waals surface area contributed by atoms with E-state index in [0.717, 1.165) is 26.1 Å². The molecule has 3 aromatic rings. The predicted molar refractivity (Wildman–Crippen MR) is 101 cm³/mol. The minimum absolute atomic E-state index is 0.150. The number of carbonyl (C=O) groups excluding carboxylic acids is 1. The molecule has 0 saturated heterocycles. The smallest absolute Gasteiger partial charge is 0.173 e. The number of ketones is 1. The normalized spacial score (nSPS) is 10.5. The summed E-state index contributed by atoms with van der Waals surface area (Å²) in [5.41, 5.74) is 3.05. The molecule has 0 heterocycles. The Kier molecular flexibility index (Phi) is 5.31. The first-order valence-electron chi connectivity index (χ1n) is 7.29. The maximum atomic E-state index is 12.3. The number of rotatable bonds is 5. The number of halogens is 1. The van der Waals surface area contributed by atoms with E-state index in [1.807, 2.05) is 66.7 Å². The lowest BCUT2D eigenvalue weighted by molar-refractivity contribution is 0.102. The summed E-state index contributed by atoms with van der Waals surface area (Å²) in [5.74, 6) is 0.601. The predicted octanol–water partition coefficient (Wildman–Crippen LogP) is 6.09. The molecule has 0 aliphatic heterocycles. The van der Waals surface area contributed by atoms with Crippen molar-refractivity contribution in [2.24, 2.45) is 0 Å². The van der Waals surface area contributed by atoms with Gasteiger partial charge in [-0.1, -0.05) is 70.5 Å². The lowest BCUT2D eigenvalue weighted by Crippen LogP contribution is -2.01. The van der Waals surface area contributed by atoms with Gasteiger partial charge in [0, 0.05) is 14.9 Å². The standard InChI is InChI=1S/C20H15BrOS/c21-18-10-12-19(13-11-18)23-14-20(22)17-8-6-16(7-9-17)15-4-2-1-3-5-15/h1-13H,14H2. The van der Waals surface area contributed by atoms with E-state index in [9.17, 15) is 4.79 Å². The summed E-state index contributed by atoms with van der Waals surface area (Å²) in [6.45, 7) is 0. The van der Waals surface area contributed by atoms with Crippen LogP contribution in [0.1, 0.15) is 10.4 Å². The molecule has 0 N–H and O–H groups in total. The molecule has 0 fully saturated rings. The first-order chi connectivity index (χ1) is 11.2. The summed E-state index contributed by atoms with van der Waals surface area (Å²) in [5, 5.41) is 0. The molecule has 3 heteroatoms. The SMILES string of the molecule is O=C(CSc1ccc(Br)cc1)c1ccc(-c2ccccc2)cc1. The van der Waals surface area contributed by atoms with E-state index in [2.05, 4.69) is 28.1 Å². The van der Waals surface area contributed by atoms with Gasteiger partial charge in [0.15, 0.2) is 5.78 Å². The van der Waals surface area contributed by atoms with Crippen LogP contribution in [0.2, 0.25) is 0 Å². The van der Waals surface area contributed by atoms with Crippen molar-refractivity contribution in [1.29, 1.82) is 0 Å². The average Bonchev–Trinajstić information content (AvgIpc) is 2.62. The Balaban J connectivity index is 1.65. The minimum atomic E-state index is 0.150. The molecule has 0 amide bonds. The van der Waals surface area contributed by atoms with Crippen LogP contribution in [0.15, 0.2) is 88.2 Å². The fourth-order valence-corrected chi connectivity index (χ4v) is 3.30. The van der Waals surface area contributed by atoms with Crippen LogP contribution in [-0.4, -0.2) is 11.5 Å². The van der Waals surface area contributed by atoms with Gasteiger partial charge in [-0.3, -0.25) is 4.79 Å². The first kappa shape index (κ1) is 16.0. The van der Waals surface area contributed by atoms with Crippen molar-refractivity contribution in [1.82, 2.24) is 0 Å². The second-order valence-corrected chi connectivity index (χ2v) is 7.07. The van der Waals surface area contributed by atoms with E-state index in [-0.39, 0.29) is 5.78 Å². The maximum absolute atomic E-state index is 12.3. The van der Waals surface area contributed by atoms with Gasteiger partial charge in [-0.05, 0) is 35.4 Å². The average molecular weight is 383 g/mol.